The molecule has 0 radical (unpaired) electrons. The largest absolute Gasteiger partial charge is 0.462 e. The van der Waals surface area contributed by atoms with Gasteiger partial charge in [0.25, 0.3) is 0 Å². The Kier molecular flexibility index (Phi) is 7.49. The van der Waals surface area contributed by atoms with Gasteiger partial charge in [0.05, 0.1) is 12.3 Å². The summed E-state index contributed by atoms with van der Waals surface area (Å²) in [5.74, 6) is -3.07. The first-order valence-corrected chi connectivity index (χ1v) is 8.37. The molecule has 1 aromatic carbocycles. The van der Waals surface area contributed by atoms with Crippen LogP contribution in [0.1, 0.15) is 54.1 Å². The van der Waals surface area contributed by atoms with E-state index in [1.165, 1.54) is 30.7 Å². The van der Waals surface area contributed by atoms with Gasteiger partial charge in [-0.2, -0.15) is 0 Å². The van der Waals surface area contributed by atoms with Crippen molar-refractivity contribution in [3.8, 4) is 0 Å². The van der Waals surface area contributed by atoms with Gasteiger partial charge in [-0.25, -0.2) is 13.6 Å². The van der Waals surface area contributed by atoms with E-state index < -0.39 is 29.0 Å². The Bertz CT molecular complexity index is 814. The lowest BCUT2D eigenvalue weighted by Crippen LogP contribution is -2.10. The van der Waals surface area contributed by atoms with Crippen LogP contribution in [-0.4, -0.2) is 22.9 Å². The summed E-state index contributed by atoms with van der Waals surface area (Å²) >= 11 is 0. The number of halogens is 2. The number of rotatable bonds is 5. The van der Waals surface area contributed by atoms with E-state index in [1.54, 1.807) is 19.9 Å². The quantitative estimate of drug-likeness (QED) is 0.612. The minimum Gasteiger partial charge on any atom is -0.462 e. The van der Waals surface area contributed by atoms with Crippen molar-refractivity contribution >= 4 is 23.3 Å². The second kappa shape index (κ2) is 9.12. The van der Waals surface area contributed by atoms with Crippen molar-refractivity contribution in [3.05, 3.63) is 46.7 Å². The van der Waals surface area contributed by atoms with Crippen LogP contribution in [-0.2, 0) is 11.8 Å². The van der Waals surface area contributed by atoms with Gasteiger partial charge >= 0.3 is 5.97 Å². The van der Waals surface area contributed by atoms with E-state index in [2.05, 4.69) is 5.32 Å². The number of ketones is 1. The van der Waals surface area contributed by atoms with E-state index in [1.807, 2.05) is 13.8 Å². The highest BCUT2D eigenvalue weighted by Crippen LogP contribution is 2.30. The van der Waals surface area contributed by atoms with Crippen molar-refractivity contribution in [2.24, 2.45) is 7.05 Å². The molecule has 0 fully saturated rings. The summed E-state index contributed by atoms with van der Waals surface area (Å²) < 4.78 is 34.7. The van der Waals surface area contributed by atoms with E-state index in [9.17, 15) is 18.4 Å². The van der Waals surface area contributed by atoms with Crippen LogP contribution in [0.25, 0.3) is 0 Å². The summed E-state index contributed by atoms with van der Waals surface area (Å²) in [5, 5.41) is 2.69. The predicted molar refractivity (Wildman–Crippen MR) is 97.1 cm³/mol. The molecule has 2 rings (SSSR count). The first kappa shape index (κ1) is 21.3. The molecular weight excluding hydrogens is 342 g/mol. The van der Waals surface area contributed by atoms with Gasteiger partial charge in [0.2, 0.25) is 0 Å². The monoisotopic (exact) mass is 366 g/mol. The Labute approximate surface area is 152 Å². The summed E-state index contributed by atoms with van der Waals surface area (Å²) in [6.45, 7) is 8.54. The second-order valence-corrected chi connectivity index (χ2v) is 5.33. The molecule has 0 atom stereocenters. The molecule has 0 aliphatic heterocycles. The molecular formula is C19H24F2N2O3. The van der Waals surface area contributed by atoms with Crippen LogP contribution >= 0.6 is 0 Å². The molecule has 2 aromatic rings. The lowest BCUT2D eigenvalue weighted by Gasteiger charge is -2.12. The van der Waals surface area contributed by atoms with Crippen LogP contribution in [0.2, 0.25) is 0 Å². The van der Waals surface area contributed by atoms with Gasteiger partial charge in [0, 0.05) is 14.0 Å². The average Bonchev–Trinajstić information content (AvgIpc) is 2.82. The van der Waals surface area contributed by atoms with Crippen molar-refractivity contribution in [1.29, 1.82) is 0 Å². The zero-order chi connectivity index (χ0) is 20.0. The number of aryl methyl sites for hydroxylation is 1. The fourth-order valence-electron chi connectivity index (χ4n) is 2.42. The van der Waals surface area contributed by atoms with E-state index in [-0.39, 0.29) is 23.8 Å². The standard InChI is InChI=1S/C17H18F2N2O3.C2H6/c1-5-24-17(23)13-14(19)15(10(3)22)21(4)16(13)20-12-7-6-9(2)8-11(12)18;1-2/h6-8,20H,5H2,1-4H3;1-2H3. The van der Waals surface area contributed by atoms with Crippen LogP contribution in [0.4, 0.5) is 20.3 Å². The number of nitrogens with zero attached hydrogens (tertiary/aromatic N) is 1. The maximum absolute atomic E-state index is 14.6. The molecule has 0 aliphatic rings. The maximum Gasteiger partial charge on any atom is 0.344 e. The van der Waals surface area contributed by atoms with Crippen molar-refractivity contribution in [2.75, 3.05) is 11.9 Å². The summed E-state index contributed by atoms with van der Waals surface area (Å²) in [6, 6.07) is 4.44. The van der Waals surface area contributed by atoms with Crippen molar-refractivity contribution < 1.29 is 23.1 Å². The number of nitrogens with one attached hydrogen (secondary N) is 1. The van der Waals surface area contributed by atoms with Gasteiger partial charge in [0.1, 0.15) is 22.9 Å². The number of aromatic nitrogens is 1. The van der Waals surface area contributed by atoms with Gasteiger partial charge in [-0.3, -0.25) is 4.79 Å². The van der Waals surface area contributed by atoms with E-state index in [0.717, 1.165) is 0 Å². The molecule has 142 valence electrons. The fraction of sp³-hybridized carbons (Fsp3) is 0.368. The molecule has 7 heteroatoms. The van der Waals surface area contributed by atoms with Crippen LogP contribution in [0, 0.1) is 18.6 Å². The Morgan fingerprint density at radius 2 is 1.85 bits per heavy atom. The van der Waals surface area contributed by atoms with Crippen molar-refractivity contribution in [3.63, 3.8) is 0 Å². The minimum atomic E-state index is -0.988. The Balaban J connectivity index is 0.00000163. The Hall–Kier alpha value is -2.70. The zero-order valence-corrected chi connectivity index (χ0v) is 15.9. The molecule has 0 saturated heterocycles. The molecule has 0 spiro atoms. The lowest BCUT2D eigenvalue weighted by atomic mass is 10.2. The van der Waals surface area contributed by atoms with E-state index >= 15 is 0 Å². The fourth-order valence-corrected chi connectivity index (χ4v) is 2.42. The molecule has 5 nitrogen and oxygen atoms in total. The molecule has 26 heavy (non-hydrogen) atoms. The third kappa shape index (κ3) is 4.28. The van der Waals surface area contributed by atoms with Crippen LogP contribution in [0.5, 0.6) is 0 Å². The molecule has 0 bridgehead atoms. The average molecular weight is 366 g/mol. The molecule has 0 unspecified atom stereocenters. The number of anilines is 2. The van der Waals surface area contributed by atoms with Crippen molar-refractivity contribution in [1.82, 2.24) is 4.57 Å². The minimum absolute atomic E-state index is 0.0426. The van der Waals surface area contributed by atoms with Gasteiger partial charge in [-0.1, -0.05) is 19.9 Å². The first-order valence-electron chi connectivity index (χ1n) is 8.37. The van der Waals surface area contributed by atoms with Crippen molar-refractivity contribution in [2.45, 2.75) is 34.6 Å². The summed E-state index contributed by atoms with van der Waals surface area (Å²) in [5.41, 5.74) is 0.0607. The van der Waals surface area contributed by atoms with E-state index in [4.69, 9.17) is 4.74 Å². The van der Waals surface area contributed by atoms with Crippen LogP contribution in [0.15, 0.2) is 18.2 Å². The SMILES string of the molecule is CC.CCOC(=O)c1c(F)c(C(C)=O)n(C)c1Nc1ccc(C)cc1F. The predicted octanol–water partition coefficient (Wildman–Crippen LogP) is 4.76. The zero-order valence-electron chi connectivity index (χ0n) is 15.9. The summed E-state index contributed by atoms with van der Waals surface area (Å²) in [6.07, 6.45) is 0. The number of carbonyl (C=O) groups excluding carboxylic acids is 2. The highest BCUT2D eigenvalue weighted by atomic mass is 19.1. The van der Waals surface area contributed by atoms with E-state index in [0.29, 0.717) is 5.56 Å². The summed E-state index contributed by atoms with van der Waals surface area (Å²) in [7, 11) is 1.41. The molecule has 1 aromatic heterocycles. The number of esters is 1. The van der Waals surface area contributed by atoms with Crippen LogP contribution < -0.4 is 5.32 Å². The number of benzene rings is 1. The number of carbonyl (C=O) groups is 2. The highest BCUT2D eigenvalue weighted by Gasteiger charge is 2.30. The Morgan fingerprint density at radius 3 is 2.35 bits per heavy atom. The smallest absolute Gasteiger partial charge is 0.344 e. The molecule has 0 amide bonds. The lowest BCUT2D eigenvalue weighted by molar-refractivity contribution is 0.0522. The number of Topliss-reactive ketones (excluding diaryl/α,β-unsaturated/α-hetero) is 1. The Morgan fingerprint density at radius 1 is 1.23 bits per heavy atom. The second-order valence-electron chi connectivity index (χ2n) is 5.33. The number of ether oxygens (including phenoxy) is 1. The highest BCUT2D eigenvalue weighted by molar-refractivity contribution is 6.02. The number of hydrogen-bond donors (Lipinski definition) is 1. The number of hydrogen-bond acceptors (Lipinski definition) is 4. The third-order valence-electron chi connectivity index (χ3n) is 3.53. The molecule has 0 aliphatic carbocycles. The first-order chi connectivity index (χ1) is 12.3. The molecule has 0 saturated carbocycles. The maximum atomic E-state index is 14.6. The van der Waals surface area contributed by atoms with Crippen LogP contribution in [0.3, 0.4) is 0 Å². The van der Waals surface area contributed by atoms with Gasteiger partial charge in [-0.05, 0) is 31.5 Å². The topological polar surface area (TPSA) is 60.3 Å². The third-order valence-corrected chi connectivity index (χ3v) is 3.53. The summed E-state index contributed by atoms with van der Waals surface area (Å²) in [4.78, 5) is 23.8. The van der Waals surface area contributed by atoms with Gasteiger partial charge in [-0.15, -0.1) is 0 Å². The normalized spacial score (nSPS) is 10.0. The molecule has 1 heterocycles. The van der Waals surface area contributed by atoms with Gasteiger partial charge in [0.15, 0.2) is 11.6 Å². The van der Waals surface area contributed by atoms with Gasteiger partial charge < -0.3 is 14.6 Å². The molecule has 1 N–H and O–H groups in total.